The Kier molecular flexibility index (Phi) is 7.09. The molecule has 0 aliphatic carbocycles. The van der Waals surface area contributed by atoms with Crippen LogP contribution in [0, 0.1) is 5.92 Å². The fourth-order valence-corrected chi connectivity index (χ4v) is 2.48. The minimum atomic E-state index is -0.745. The van der Waals surface area contributed by atoms with Crippen LogP contribution in [0.1, 0.15) is 37.7 Å². The Bertz CT molecular complexity index is 744. The molecular weight excluding hydrogens is 356 g/mol. The first-order valence-electron chi connectivity index (χ1n) is 8.50. The molecule has 0 bridgehead atoms. The lowest BCUT2D eigenvalue weighted by atomic mass is 10.0. The van der Waals surface area contributed by atoms with Crippen LogP contribution in [0.4, 0.5) is 5.69 Å². The van der Waals surface area contributed by atoms with Crippen LogP contribution in [0.25, 0.3) is 0 Å². The maximum absolute atomic E-state index is 12.7. The summed E-state index contributed by atoms with van der Waals surface area (Å²) < 4.78 is 10.7. The molecule has 0 spiro atoms. The molecule has 1 aromatic heterocycles. The first-order chi connectivity index (χ1) is 12.4. The molecule has 0 aliphatic rings. The molecule has 1 atom stereocenters. The van der Waals surface area contributed by atoms with Crippen molar-refractivity contribution in [3.63, 3.8) is 0 Å². The maximum Gasteiger partial charge on any atom is 0.287 e. The number of hydrogen-bond donors (Lipinski definition) is 2. The van der Waals surface area contributed by atoms with Gasteiger partial charge in [-0.15, -0.1) is 0 Å². The molecule has 140 valence electrons. The van der Waals surface area contributed by atoms with Gasteiger partial charge in [-0.25, -0.2) is 0 Å². The summed E-state index contributed by atoms with van der Waals surface area (Å²) in [5.41, 5.74) is 0.467. The van der Waals surface area contributed by atoms with Crippen LogP contribution < -0.4 is 15.4 Å². The van der Waals surface area contributed by atoms with Gasteiger partial charge in [0.05, 0.1) is 18.6 Å². The smallest absolute Gasteiger partial charge is 0.287 e. The fraction of sp³-hybridized carbons (Fsp3) is 0.368. The Balaban J connectivity index is 2.14. The van der Waals surface area contributed by atoms with Crippen LogP contribution in [0.5, 0.6) is 5.75 Å². The molecule has 0 fully saturated rings. The van der Waals surface area contributed by atoms with Gasteiger partial charge in [0.2, 0.25) is 5.91 Å². The summed E-state index contributed by atoms with van der Waals surface area (Å²) in [7, 11) is 0. The Hall–Kier alpha value is -2.47. The molecule has 1 unspecified atom stereocenters. The van der Waals surface area contributed by atoms with E-state index in [1.165, 1.54) is 12.3 Å². The third-order valence-electron chi connectivity index (χ3n) is 3.64. The Morgan fingerprint density at radius 3 is 2.65 bits per heavy atom. The third-order valence-corrected chi connectivity index (χ3v) is 3.88. The average molecular weight is 379 g/mol. The second-order valence-corrected chi connectivity index (χ2v) is 6.59. The minimum Gasteiger partial charge on any atom is -0.491 e. The largest absolute Gasteiger partial charge is 0.491 e. The molecule has 2 rings (SSSR count). The lowest BCUT2D eigenvalue weighted by Gasteiger charge is -2.22. The zero-order valence-corrected chi connectivity index (χ0v) is 15.8. The van der Waals surface area contributed by atoms with Gasteiger partial charge in [-0.05, 0) is 42.7 Å². The van der Waals surface area contributed by atoms with Gasteiger partial charge in [0.25, 0.3) is 5.91 Å². The summed E-state index contributed by atoms with van der Waals surface area (Å²) in [6.45, 7) is 6.21. The van der Waals surface area contributed by atoms with Crippen molar-refractivity contribution in [3.8, 4) is 5.75 Å². The maximum atomic E-state index is 12.7. The monoisotopic (exact) mass is 378 g/mol. The van der Waals surface area contributed by atoms with Crippen LogP contribution in [0.3, 0.4) is 0 Å². The highest BCUT2D eigenvalue weighted by Crippen LogP contribution is 2.28. The zero-order chi connectivity index (χ0) is 19.1. The number of ether oxygens (including phenoxy) is 1. The summed E-state index contributed by atoms with van der Waals surface area (Å²) in [5.74, 6) is -0.253. The van der Waals surface area contributed by atoms with Gasteiger partial charge in [0.1, 0.15) is 11.8 Å². The van der Waals surface area contributed by atoms with Crippen molar-refractivity contribution in [2.24, 2.45) is 5.92 Å². The second-order valence-electron chi connectivity index (χ2n) is 6.15. The van der Waals surface area contributed by atoms with Gasteiger partial charge >= 0.3 is 0 Å². The van der Waals surface area contributed by atoms with Crippen LogP contribution in [0.2, 0.25) is 5.02 Å². The fourth-order valence-electron chi connectivity index (χ4n) is 2.30. The Morgan fingerprint density at radius 1 is 1.27 bits per heavy atom. The van der Waals surface area contributed by atoms with Gasteiger partial charge in [-0.2, -0.15) is 0 Å². The molecule has 2 N–H and O–H groups in total. The number of hydrogen-bond acceptors (Lipinski definition) is 4. The Morgan fingerprint density at radius 2 is 2.04 bits per heavy atom. The molecule has 7 heteroatoms. The molecule has 0 radical (unpaired) electrons. The molecule has 2 aromatic rings. The van der Waals surface area contributed by atoms with E-state index in [1.807, 2.05) is 20.8 Å². The second kappa shape index (κ2) is 9.29. The minimum absolute atomic E-state index is 0.131. The van der Waals surface area contributed by atoms with Crippen molar-refractivity contribution in [1.82, 2.24) is 5.32 Å². The molecule has 6 nitrogen and oxygen atoms in total. The molecule has 26 heavy (non-hydrogen) atoms. The normalized spacial score (nSPS) is 11.9. The van der Waals surface area contributed by atoms with Gasteiger partial charge in [-0.3, -0.25) is 9.59 Å². The molecule has 0 saturated heterocycles. The number of benzene rings is 1. The highest BCUT2D eigenvalue weighted by atomic mass is 35.5. The van der Waals surface area contributed by atoms with E-state index >= 15 is 0 Å². The number of amides is 2. The SMILES string of the molecule is CCCOc1ccc(Cl)cc1NC(=O)C(NC(=O)c1ccco1)C(C)C. The van der Waals surface area contributed by atoms with E-state index < -0.39 is 11.9 Å². The quantitative estimate of drug-likeness (QED) is 0.724. The van der Waals surface area contributed by atoms with Gasteiger partial charge in [0, 0.05) is 5.02 Å². The number of halogens is 1. The summed E-state index contributed by atoms with van der Waals surface area (Å²) >= 11 is 6.04. The highest BCUT2D eigenvalue weighted by molar-refractivity contribution is 6.31. The number of anilines is 1. The van der Waals surface area contributed by atoms with E-state index in [0.717, 1.165) is 6.42 Å². The van der Waals surface area contributed by atoms with Crippen molar-refractivity contribution in [1.29, 1.82) is 0 Å². The topological polar surface area (TPSA) is 80.6 Å². The van der Waals surface area contributed by atoms with Crippen LogP contribution in [-0.4, -0.2) is 24.5 Å². The number of rotatable bonds is 8. The molecule has 2 amide bonds. The zero-order valence-electron chi connectivity index (χ0n) is 15.0. The standard InChI is InChI=1S/C19H23ClN2O4/c1-4-9-25-15-8-7-13(20)11-14(15)21-19(24)17(12(2)3)22-18(23)16-6-5-10-26-16/h5-8,10-12,17H,4,9H2,1-3H3,(H,21,24)(H,22,23). The van der Waals surface area contributed by atoms with E-state index in [1.54, 1.807) is 24.3 Å². The van der Waals surface area contributed by atoms with Gasteiger partial charge < -0.3 is 19.8 Å². The van der Waals surface area contributed by atoms with E-state index in [4.69, 9.17) is 20.8 Å². The summed E-state index contributed by atoms with van der Waals surface area (Å²) in [5, 5.41) is 5.97. The summed E-state index contributed by atoms with van der Waals surface area (Å²) in [6, 6.07) is 7.43. The van der Waals surface area contributed by atoms with Crippen LogP contribution in [0.15, 0.2) is 41.0 Å². The third kappa shape index (κ3) is 5.26. The number of furan rings is 1. The first kappa shape index (κ1) is 19.8. The predicted octanol–water partition coefficient (Wildman–Crippen LogP) is 4.11. The van der Waals surface area contributed by atoms with Gasteiger partial charge in [0.15, 0.2) is 5.76 Å². The van der Waals surface area contributed by atoms with Crippen molar-refractivity contribution >= 4 is 29.1 Å². The van der Waals surface area contributed by atoms with Crippen molar-refractivity contribution in [2.75, 3.05) is 11.9 Å². The van der Waals surface area contributed by atoms with Crippen LogP contribution >= 0.6 is 11.6 Å². The number of nitrogens with one attached hydrogen (secondary N) is 2. The van der Waals surface area contributed by atoms with Gasteiger partial charge in [-0.1, -0.05) is 32.4 Å². The molecule has 1 aromatic carbocycles. The number of carbonyl (C=O) groups excluding carboxylic acids is 2. The lowest BCUT2D eigenvalue weighted by Crippen LogP contribution is -2.47. The van der Waals surface area contributed by atoms with Crippen LogP contribution in [-0.2, 0) is 4.79 Å². The average Bonchev–Trinajstić information content (AvgIpc) is 3.13. The van der Waals surface area contributed by atoms with Crippen molar-refractivity contribution < 1.29 is 18.7 Å². The van der Waals surface area contributed by atoms with E-state index in [2.05, 4.69) is 10.6 Å². The van der Waals surface area contributed by atoms with E-state index in [0.29, 0.717) is 23.1 Å². The molecule has 1 heterocycles. The predicted molar refractivity (Wildman–Crippen MR) is 101 cm³/mol. The highest BCUT2D eigenvalue weighted by Gasteiger charge is 2.26. The Labute approximate surface area is 157 Å². The molecular formula is C19H23ClN2O4. The van der Waals surface area contributed by atoms with E-state index in [-0.39, 0.29) is 17.6 Å². The first-order valence-corrected chi connectivity index (χ1v) is 8.87. The van der Waals surface area contributed by atoms with Crippen molar-refractivity contribution in [2.45, 2.75) is 33.2 Å². The number of carbonyl (C=O) groups is 2. The van der Waals surface area contributed by atoms with E-state index in [9.17, 15) is 9.59 Å². The lowest BCUT2D eigenvalue weighted by molar-refractivity contribution is -0.118. The summed E-state index contributed by atoms with van der Waals surface area (Å²) in [6.07, 6.45) is 2.24. The summed E-state index contributed by atoms with van der Waals surface area (Å²) in [4.78, 5) is 25.0. The molecule has 0 aliphatic heterocycles. The molecule has 0 saturated carbocycles. The van der Waals surface area contributed by atoms with Crippen molar-refractivity contribution in [3.05, 3.63) is 47.4 Å².